The predicted octanol–water partition coefficient (Wildman–Crippen LogP) is 5.02. The highest BCUT2D eigenvalue weighted by Gasteiger charge is 1.98. The highest BCUT2D eigenvalue weighted by Crippen LogP contribution is 2.22. The number of halogens is 2. The lowest BCUT2D eigenvalue weighted by Gasteiger charge is -2.06. The van der Waals surface area contributed by atoms with Crippen LogP contribution in [0.15, 0.2) is 54.6 Å². The van der Waals surface area contributed by atoms with Gasteiger partial charge in [0.15, 0.2) is 0 Å². The van der Waals surface area contributed by atoms with Gasteiger partial charge in [-0.15, -0.1) is 0 Å². The van der Waals surface area contributed by atoms with E-state index < -0.39 is 6.08 Å². The monoisotopic (exact) mass is 246 g/mol. The fraction of sp³-hybridized carbons (Fsp3) is 0.0667. The van der Waals surface area contributed by atoms with Gasteiger partial charge in [0, 0.05) is 6.08 Å². The second kappa shape index (κ2) is 5.45. The molecule has 0 bridgehead atoms. The van der Waals surface area contributed by atoms with Crippen molar-refractivity contribution in [3.8, 4) is 11.5 Å². The van der Waals surface area contributed by atoms with Gasteiger partial charge in [-0.25, -0.2) is 0 Å². The Kier molecular flexibility index (Phi) is 3.72. The van der Waals surface area contributed by atoms with E-state index in [0.717, 1.165) is 17.4 Å². The molecule has 0 radical (unpaired) electrons. The Balaban J connectivity index is 2.11. The zero-order valence-corrected chi connectivity index (χ0v) is 9.86. The van der Waals surface area contributed by atoms with Crippen molar-refractivity contribution in [1.82, 2.24) is 0 Å². The molecule has 0 saturated carbocycles. The van der Waals surface area contributed by atoms with Crippen LogP contribution in [0.25, 0.3) is 6.08 Å². The molecule has 0 heterocycles. The number of rotatable bonds is 3. The summed E-state index contributed by atoms with van der Waals surface area (Å²) in [6.07, 6.45) is -0.891. The minimum Gasteiger partial charge on any atom is -0.457 e. The van der Waals surface area contributed by atoms with Crippen molar-refractivity contribution in [3.63, 3.8) is 0 Å². The maximum absolute atomic E-state index is 12.0. The van der Waals surface area contributed by atoms with E-state index in [2.05, 4.69) is 0 Å². The van der Waals surface area contributed by atoms with Crippen LogP contribution in [0.3, 0.4) is 0 Å². The van der Waals surface area contributed by atoms with Crippen molar-refractivity contribution < 1.29 is 13.5 Å². The normalized spacial score (nSPS) is 9.94. The zero-order valence-electron chi connectivity index (χ0n) is 9.86. The van der Waals surface area contributed by atoms with Gasteiger partial charge >= 0.3 is 0 Å². The summed E-state index contributed by atoms with van der Waals surface area (Å²) in [4.78, 5) is 0. The molecule has 0 unspecified atom stereocenters. The van der Waals surface area contributed by atoms with E-state index in [1.807, 2.05) is 31.2 Å². The Hall–Kier alpha value is -2.16. The first-order valence-electron chi connectivity index (χ1n) is 5.51. The van der Waals surface area contributed by atoms with E-state index in [4.69, 9.17) is 4.74 Å². The molecule has 2 aromatic rings. The van der Waals surface area contributed by atoms with Gasteiger partial charge in [0.25, 0.3) is 6.08 Å². The van der Waals surface area contributed by atoms with Crippen molar-refractivity contribution in [3.05, 3.63) is 65.7 Å². The van der Waals surface area contributed by atoms with Gasteiger partial charge in [-0.2, -0.15) is 8.78 Å². The molecule has 0 spiro atoms. The molecule has 0 fully saturated rings. The van der Waals surface area contributed by atoms with Crippen LogP contribution in [0.1, 0.15) is 11.1 Å². The maximum Gasteiger partial charge on any atom is 0.270 e. The van der Waals surface area contributed by atoms with Crippen LogP contribution in [-0.4, -0.2) is 0 Å². The lowest BCUT2D eigenvalue weighted by atomic mass is 10.2. The van der Waals surface area contributed by atoms with Gasteiger partial charge in [0.2, 0.25) is 0 Å². The van der Waals surface area contributed by atoms with Gasteiger partial charge < -0.3 is 4.74 Å². The Labute approximate surface area is 104 Å². The molecule has 0 aliphatic carbocycles. The van der Waals surface area contributed by atoms with Crippen LogP contribution < -0.4 is 4.74 Å². The van der Waals surface area contributed by atoms with Crippen LogP contribution in [0.4, 0.5) is 8.78 Å². The minimum absolute atomic E-state index is 0.450. The number of hydrogen-bond donors (Lipinski definition) is 0. The molecule has 2 aromatic carbocycles. The topological polar surface area (TPSA) is 9.23 Å². The number of aryl methyl sites for hydroxylation is 1. The summed E-state index contributed by atoms with van der Waals surface area (Å²) in [6.45, 7) is 2.00. The Morgan fingerprint density at radius 1 is 0.889 bits per heavy atom. The molecular formula is C15H12F2O. The molecule has 0 amide bonds. The van der Waals surface area contributed by atoms with E-state index >= 15 is 0 Å². The molecule has 0 aliphatic rings. The Morgan fingerprint density at radius 2 is 1.39 bits per heavy atom. The number of benzene rings is 2. The van der Waals surface area contributed by atoms with Gasteiger partial charge in [-0.3, -0.25) is 0 Å². The van der Waals surface area contributed by atoms with Gasteiger partial charge in [0.05, 0.1) is 0 Å². The molecule has 0 atom stereocenters. The summed E-state index contributed by atoms with van der Waals surface area (Å²) < 4.78 is 29.7. The van der Waals surface area contributed by atoms with E-state index in [1.54, 1.807) is 24.3 Å². The van der Waals surface area contributed by atoms with Gasteiger partial charge in [-0.1, -0.05) is 29.8 Å². The average molecular weight is 246 g/mol. The first-order chi connectivity index (χ1) is 8.63. The van der Waals surface area contributed by atoms with Crippen LogP contribution in [0, 0.1) is 6.92 Å². The van der Waals surface area contributed by atoms with E-state index in [0.29, 0.717) is 11.3 Å². The molecule has 92 valence electrons. The lowest BCUT2D eigenvalue weighted by Crippen LogP contribution is -1.84. The molecule has 0 aliphatic heterocycles. The van der Waals surface area contributed by atoms with Crippen LogP contribution in [0.2, 0.25) is 0 Å². The summed E-state index contributed by atoms with van der Waals surface area (Å²) in [6, 6.07) is 14.1. The zero-order chi connectivity index (χ0) is 13.0. The third kappa shape index (κ3) is 3.42. The predicted molar refractivity (Wildman–Crippen MR) is 67.9 cm³/mol. The first kappa shape index (κ1) is 12.3. The third-order valence-electron chi connectivity index (χ3n) is 2.41. The smallest absolute Gasteiger partial charge is 0.270 e. The van der Waals surface area contributed by atoms with Gasteiger partial charge in [-0.05, 0) is 36.8 Å². The maximum atomic E-state index is 12.0. The van der Waals surface area contributed by atoms with Crippen LogP contribution in [-0.2, 0) is 0 Å². The minimum atomic E-state index is -1.71. The third-order valence-corrected chi connectivity index (χ3v) is 2.41. The van der Waals surface area contributed by atoms with Crippen molar-refractivity contribution >= 4 is 6.08 Å². The summed E-state index contributed by atoms with van der Waals surface area (Å²) in [7, 11) is 0. The van der Waals surface area contributed by atoms with E-state index in [-0.39, 0.29) is 0 Å². The van der Waals surface area contributed by atoms with Crippen LogP contribution >= 0.6 is 0 Å². The fourth-order valence-corrected chi connectivity index (χ4v) is 1.50. The van der Waals surface area contributed by atoms with Crippen molar-refractivity contribution in [1.29, 1.82) is 0 Å². The second-order valence-corrected chi connectivity index (χ2v) is 3.92. The summed E-state index contributed by atoms with van der Waals surface area (Å²) >= 11 is 0. The fourth-order valence-electron chi connectivity index (χ4n) is 1.50. The lowest BCUT2D eigenvalue weighted by molar-refractivity contribution is 0.429. The van der Waals surface area contributed by atoms with Crippen molar-refractivity contribution in [2.45, 2.75) is 6.92 Å². The average Bonchev–Trinajstić information content (AvgIpc) is 2.34. The van der Waals surface area contributed by atoms with Gasteiger partial charge in [0.1, 0.15) is 11.5 Å². The van der Waals surface area contributed by atoms with Crippen LogP contribution in [0.5, 0.6) is 11.5 Å². The largest absolute Gasteiger partial charge is 0.457 e. The molecule has 2 rings (SSSR count). The highest BCUT2D eigenvalue weighted by molar-refractivity contribution is 5.51. The summed E-state index contributed by atoms with van der Waals surface area (Å²) in [5.41, 5.74) is 1.60. The second-order valence-electron chi connectivity index (χ2n) is 3.92. The quantitative estimate of drug-likeness (QED) is 0.738. The van der Waals surface area contributed by atoms with E-state index in [1.165, 1.54) is 0 Å². The number of ether oxygens (including phenoxy) is 1. The molecule has 18 heavy (non-hydrogen) atoms. The first-order valence-corrected chi connectivity index (χ1v) is 5.51. The standard InChI is InChI=1S/C15H12F2O/c1-11-2-6-13(7-3-11)18-14-8-4-12(5-9-14)10-15(16)17/h2-10H,1H3. The summed E-state index contributed by atoms with van der Waals surface area (Å²) in [5.74, 6) is 1.34. The van der Waals surface area contributed by atoms with Crippen molar-refractivity contribution in [2.24, 2.45) is 0 Å². The Bertz CT molecular complexity index is 538. The Morgan fingerprint density at radius 3 is 1.89 bits per heavy atom. The molecule has 3 heteroatoms. The molecular weight excluding hydrogens is 234 g/mol. The van der Waals surface area contributed by atoms with E-state index in [9.17, 15) is 8.78 Å². The van der Waals surface area contributed by atoms with Crippen molar-refractivity contribution in [2.75, 3.05) is 0 Å². The highest BCUT2D eigenvalue weighted by atomic mass is 19.3. The molecule has 0 saturated heterocycles. The number of hydrogen-bond acceptors (Lipinski definition) is 1. The molecule has 1 nitrogen and oxygen atoms in total. The molecule has 0 aromatic heterocycles. The molecule has 0 N–H and O–H groups in total. The SMILES string of the molecule is Cc1ccc(Oc2ccc(C=C(F)F)cc2)cc1. The summed E-state index contributed by atoms with van der Waals surface area (Å²) in [5, 5.41) is 0.